The lowest BCUT2D eigenvalue weighted by Gasteiger charge is -2.33. The van der Waals surface area contributed by atoms with E-state index in [2.05, 4.69) is 22.5 Å². The van der Waals surface area contributed by atoms with Crippen LogP contribution in [0.1, 0.15) is 64.1 Å². The van der Waals surface area contributed by atoms with Crippen molar-refractivity contribution in [1.82, 2.24) is 14.4 Å². The smallest absolute Gasteiger partial charge is 0.320 e. The number of nitrogen functional groups attached to an aromatic ring is 1. The maximum absolute atomic E-state index is 13.5. The Balaban J connectivity index is 1.44. The zero-order valence-corrected chi connectivity index (χ0v) is 21.3. The molecule has 1 aliphatic carbocycles. The molecule has 2 aliphatic rings. The largest absolute Gasteiger partial charge is 0.465 e. The Morgan fingerprint density at radius 3 is 2.66 bits per heavy atom. The molecule has 2 fully saturated rings. The molecule has 2 atom stereocenters. The van der Waals surface area contributed by atoms with Gasteiger partial charge in [0.2, 0.25) is 5.91 Å². The number of hydrogen-bond acceptors (Lipinski definition) is 5. The van der Waals surface area contributed by atoms with Gasteiger partial charge < -0.3 is 19.9 Å². The lowest BCUT2D eigenvalue weighted by Crippen LogP contribution is -2.51. The molecule has 1 aromatic heterocycles. The molecule has 4 rings (SSSR count). The van der Waals surface area contributed by atoms with Crippen LogP contribution in [0.3, 0.4) is 0 Å². The summed E-state index contributed by atoms with van der Waals surface area (Å²) in [6.07, 6.45) is 5.90. The van der Waals surface area contributed by atoms with Crippen LogP contribution in [0.15, 0.2) is 24.3 Å². The summed E-state index contributed by atoms with van der Waals surface area (Å²) in [6.45, 7) is 8.05. The summed E-state index contributed by atoms with van der Waals surface area (Å²) in [5.41, 5.74) is 8.79. The Hall–Kier alpha value is -2.87. The van der Waals surface area contributed by atoms with Crippen LogP contribution in [0.4, 0.5) is 0 Å². The Morgan fingerprint density at radius 2 is 2.00 bits per heavy atom. The zero-order chi connectivity index (χ0) is 25.1. The van der Waals surface area contributed by atoms with Crippen molar-refractivity contribution in [2.24, 2.45) is 5.73 Å². The molecule has 1 unspecified atom stereocenters. The van der Waals surface area contributed by atoms with Crippen molar-refractivity contribution in [2.45, 2.75) is 84.0 Å². The fourth-order valence-electron chi connectivity index (χ4n) is 5.53. The number of ether oxygens (including phenoxy) is 1. The van der Waals surface area contributed by atoms with Crippen LogP contribution >= 0.6 is 0 Å². The van der Waals surface area contributed by atoms with E-state index < -0.39 is 0 Å². The van der Waals surface area contributed by atoms with Gasteiger partial charge in [0, 0.05) is 41.9 Å². The SMILES string of the molecule is CCOC(=O)CN(C1CC1)C(C)C(=O)N1CCC[C@H]1CCc1cc2ccc(C(=N)N)cc2n1CC. The van der Waals surface area contributed by atoms with E-state index in [0.717, 1.165) is 68.1 Å². The van der Waals surface area contributed by atoms with Gasteiger partial charge in [0.1, 0.15) is 5.84 Å². The third-order valence-electron chi connectivity index (χ3n) is 7.50. The van der Waals surface area contributed by atoms with Crippen molar-refractivity contribution in [3.05, 3.63) is 35.5 Å². The van der Waals surface area contributed by atoms with Crippen LogP contribution in [0, 0.1) is 5.41 Å². The van der Waals surface area contributed by atoms with Crippen molar-refractivity contribution in [2.75, 3.05) is 19.7 Å². The first-order valence-corrected chi connectivity index (χ1v) is 13.0. The number of rotatable bonds is 11. The highest BCUT2D eigenvalue weighted by Crippen LogP contribution is 2.31. The maximum atomic E-state index is 13.5. The number of aryl methyl sites for hydroxylation is 2. The quantitative estimate of drug-likeness (QED) is 0.291. The Labute approximate surface area is 207 Å². The summed E-state index contributed by atoms with van der Waals surface area (Å²) < 4.78 is 7.45. The third kappa shape index (κ3) is 5.53. The van der Waals surface area contributed by atoms with Crippen LogP contribution in [0.5, 0.6) is 0 Å². The number of carbonyl (C=O) groups excluding carboxylic acids is 2. The molecule has 2 heterocycles. The predicted octanol–water partition coefficient (Wildman–Crippen LogP) is 3.28. The normalized spacial score (nSPS) is 18.9. The molecule has 1 aliphatic heterocycles. The molecule has 0 spiro atoms. The van der Waals surface area contributed by atoms with E-state index in [4.69, 9.17) is 15.9 Å². The number of carbonyl (C=O) groups is 2. The number of aromatic nitrogens is 1. The van der Waals surface area contributed by atoms with E-state index in [0.29, 0.717) is 12.6 Å². The first kappa shape index (κ1) is 25.2. The molecule has 8 heteroatoms. The number of benzene rings is 1. The fourth-order valence-corrected chi connectivity index (χ4v) is 5.53. The van der Waals surface area contributed by atoms with E-state index in [9.17, 15) is 9.59 Å². The fraction of sp³-hybridized carbons (Fsp3) is 0.593. The zero-order valence-electron chi connectivity index (χ0n) is 21.3. The van der Waals surface area contributed by atoms with Gasteiger partial charge in [-0.15, -0.1) is 0 Å². The van der Waals surface area contributed by atoms with Crippen LogP contribution in [0.25, 0.3) is 10.9 Å². The number of esters is 1. The summed E-state index contributed by atoms with van der Waals surface area (Å²) in [5.74, 6) is -0.0436. The summed E-state index contributed by atoms with van der Waals surface area (Å²) in [7, 11) is 0. The molecule has 35 heavy (non-hydrogen) atoms. The Kier molecular flexibility index (Phi) is 7.79. The molecule has 1 saturated carbocycles. The molecular weight excluding hydrogens is 442 g/mol. The number of nitrogens with one attached hydrogen (secondary N) is 1. The monoisotopic (exact) mass is 481 g/mol. The van der Waals surface area contributed by atoms with Crippen LogP contribution in [-0.4, -0.2) is 69.9 Å². The number of likely N-dealkylation sites (tertiary alicyclic amines) is 1. The number of amidine groups is 1. The Bertz CT molecular complexity index is 1090. The number of hydrogen-bond donors (Lipinski definition) is 2. The van der Waals surface area contributed by atoms with Gasteiger partial charge in [-0.05, 0) is 76.8 Å². The second-order valence-electron chi connectivity index (χ2n) is 9.82. The minimum absolute atomic E-state index is 0.0785. The van der Waals surface area contributed by atoms with Crippen molar-refractivity contribution in [3.63, 3.8) is 0 Å². The van der Waals surface area contributed by atoms with Gasteiger partial charge >= 0.3 is 5.97 Å². The van der Waals surface area contributed by atoms with Crippen molar-refractivity contribution < 1.29 is 14.3 Å². The van der Waals surface area contributed by atoms with Gasteiger partial charge in [0.05, 0.1) is 19.2 Å². The molecular formula is C27H39N5O3. The summed E-state index contributed by atoms with van der Waals surface area (Å²) in [6, 6.07) is 8.35. The Morgan fingerprint density at radius 1 is 1.23 bits per heavy atom. The topological polar surface area (TPSA) is 105 Å². The summed E-state index contributed by atoms with van der Waals surface area (Å²) in [5, 5.41) is 8.91. The lowest BCUT2D eigenvalue weighted by atomic mass is 10.1. The third-order valence-corrected chi connectivity index (χ3v) is 7.50. The molecule has 0 bridgehead atoms. The first-order valence-electron chi connectivity index (χ1n) is 13.0. The van der Waals surface area contributed by atoms with E-state index in [1.807, 2.05) is 36.9 Å². The van der Waals surface area contributed by atoms with Gasteiger partial charge in [0.15, 0.2) is 0 Å². The molecule has 1 amide bonds. The molecule has 0 radical (unpaired) electrons. The van der Waals surface area contributed by atoms with E-state index in [-0.39, 0.29) is 36.3 Å². The molecule has 3 N–H and O–H groups in total. The average molecular weight is 482 g/mol. The van der Waals surface area contributed by atoms with E-state index in [1.54, 1.807) is 0 Å². The molecule has 2 aromatic rings. The van der Waals surface area contributed by atoms with Crippen molar-refractivity contribution in [1.29, 1.82) is 5.41 Å². The lowest BCUT2D eigenvalue weighted by molar-refractivity contribution is -0.147. The minimum Gasteiger partial charge on any atom is -0.465 e. The highest BCUT2D eigenvalue weighted by Gasteiger charge is 2.40. The van der Waals surface area contributed by atoms with Crippen molar-refractivity contribution >= 4 is 28.6 Å². The summed E-state index contributed by atoms with van der Waals surface area (Å²) >= 11 is 0. The predicted molar refractivity (Wildman–Crippen MR) is 138 cm³/mol. The maximum Gasteiger partial charge on any atom is 0.320 e. The van der Waals surface area contributed by atoms with Gasteiger partial charge in [-0.2, -0.15) is 0 Å². The summed E-state index contributed by atoms with van der Waals surface area (Å²) in [4.78, 5) is 29.8. The number of amides is 1. The van der Waals surface area contributed by atoms with Gasteiger partial charge in [-0.25, -0.2) is 0 Å². The van der Waals surface area contributed by atoms with E-state index >= 15 is 0 Å². The molecule has 1 saturated heterocycles. The standard InChI is InChI=1S/C27H39N5O3/c1-4-30-23(15-19-8-9-20(26(28)29)16-24(19)30)13-12-21-7-6-14-31(21)27(34)18(3)32(22-10-11-22)17-25(33)35-5-2/h8-9,15-16,18,21-22H,4-7,10-14,17H2,1-3H3,(H3,28,29)/t18?,21-/m0/s1. The number of fused-ring (bicyclic) bond motifs is 1. The first-order chi connectivity index (χ1) is 16.8. The van der Waals surface area contributed by atoms with Gasteiger partial charge in [-0.3, -0.25) is 19.9 Å². The van der Waals surface area contributed by atoms with Crippen molar-refractivity contribution in [3.8, 4) is 0 Å². The molecule has 8 nitrogen and oxygen atoms in total. The van der Waals surface area contributed by atoms with Gasteiger partial charge in [-0.1, -0.05) is 12.1 Å². The molecule has 1 aromatic carbocycles. The second-order valence-corrected chi connectivity index (χ2v) is 9.82. The second kappa shape index (κ2) is 10.8. The number of nitrogens with two attached hydrogens (primary N) is 1. The van der Waals surface area contributed by atoms with Crippen LogP contribution in [0.2, 0.25) is 0 Å². The van der Waals surface area contributed by atoms with Crippen LogP contribution < -0.4 is 5.73 Å². The minimum atomic E-state index is -0.320. The molecule has 190 valence electrons. The highest BCUT2D eigenvalue weighted by molar-refractivity contribution is 5.98. The number of nitrogens with zero attached hydrogens (tertiary/aromatic N) is 3. The average Bonchev–Trinajstić information content (AvgIpc) is 3.46. The highest BCUT2D eigenvalue weighted by atomic mass is 16.5. The van der Waals surface area contributed by atoms with Gasteiger partial charge in [0.25, 0.3) is 0 Å². The van der Waals surface area contributed by atoms with E-state index in [1.165, 1.54) is 5.69 Å². The van der Waals surface area contributed by atoms with Crippen LogP contribution in [-0.2, 0) is 27.3 Å².